The van der Waals surface area contributed by atoms with Crippen LogP contribution in [0.3, 0.4) is 0 Å². The minimum atomic E-state index is -2.97. The molecule has 0 saturated heterocycles. The van der Waals surface area contributed by atoms with E-state index in [4.69, 9.17) is 13.6 Å². The molecular formula is C15H21O9PS3. The average molecular weight is 472 g/mol. The Balaban J connectivity index is 5.03. The SMILES string of the molecule is C=CCSC(O)C(=O)OP(OC(=O)C(O)SCC=C)OC(=O)C(O)SCC=C. The van der Waals surface area contributed by atoms with Gasteiger partial charge in [0.1, 0.15) is 0 Å². The second-order valence-corrected chi connectivity index (χ2v) is 8.71. The quantitative estimate of drug-likeness (QED) is 0.181. The minimum Gasteiger partial charge on any atom is -0.372 e. The van der Waals surface area contributed by atoms with Crippen molar-refractivity contribution >= 4 is 61.8 Å². The lowest BCUT2D eigenvalue weighted by Crippen LogP contribution is -2.25. The van der Waals surface area contributed by atoms with Gasteiger partial charge in [-0.15, -0.1) is 55.0 Å². The lowest BCUT2D eigenvalue weighted by Gasteiger charge is -2.18. The zero-order chi connectivity index (χ0) is 21.5. The van der Waals surface area contributed by atoms with Gasteiger partial charge in [-0.2, -0.15) is 0 Å². The van der Waals surface area contributed by atoms with Crippen molar-refractivity contribution in [2.45, 2.75) is 16.3 Å². The van der Waals surface area contributed by atoms with E-state index in [0.29, 0.717) is 0 Å². The largest absolute Gasteiger partial charge is 0.537 e. The summed E-state index contributed by atoms with van der Waals surface area (Å²) in [6.45, 7) is 10.3. The van der Waals surface area contributed by atoms with Crippen molar-refractivity contribution in [3.05, 3.63) is 38.0 Å². The molecule has 0 aromatic rings. The lowest BCUT2D eigenvalue weighted by atomic mass is 10.7. The van der Waals surface area contributed by atoms with E-state index in [0.717, 1.165) is 35.3 Å². The van der Waals surface area contributed by atoms with Gasteiger partial charge in [-0.1, -0.05) is 18.2 Å². The van der Waals surface area contributed by atoms with Crippen molar-refractivity contribution in [3.63, 3.8) is 0 Å². The molecule has 13 heteroatoms. The Kier molecular flexibility index (Phi) is 15.3. The molecule has 9 nitrogen and oxygen atoms in total. The number of aliphatic hydroxyl groups is 3. The smallest absolute Gasteiger partial charge is 0.372 e. The van der Waals surface area contributed by atoms with Crippen LogP contribution in [0.5, 0.6) is 0 Å². The summed E-state index contributed by atoms with van der Waals surface area (Å²) < 4.78 is 14.1. The van der Waals surface area contributed by atoms with Crippen LogP contribution in [0.2, 0.25) is 0 Å². The molecule has 0 saturated carbocycles. The van der Waals surface area contributed by atoms with Crippen molar-refractivity contribution in [2.24, 2.45) is 0 Å². The van der Waals surface area contributed by atoms with Crippen LogP contribution in [0.1, 0.15) is 0 Å². The summed E-state index contributed by atoms with van der Waals surface area (Å²) in [5, 5.41) is 29.0. The second kappa shape index (κ2) is 15.9. The summed E-state index contributed by atoms with van der Waals surface area (Å²) >= 11 is 2.29. The Bertz CT molecular complexity index is 485. The number of hydrogen-bond acceptors (Lipinski definition) is 12. The average Bonchev–Trinajstić information content (AvgIpc) is 2.67. The minimum absolute atomic E-state index is 0.224. The highest BCUT2D eigenvalue weighted by molar-refractivity contribution is 8.01. The first kappa shape index (κ1) is 27.0. The van der Waals surface area contributed by atoms with Crippen molar-refractivity contribution in [2.75, 3.05) is 17.3 Å². The van der Waals surface area contributed by atoms with Gasteiger partial charge < -0.3 is 28.9 Å². The van der Waals surface area contributed by atoms with Crippen LogP contribution >= 0.6 is 43.9 Å². The molecule has 0 spiro atoms. The van der Waals surface area contributed by atoms with Gasteiger partial charge in [0.25, 0.3) is 0 Å². The van der Waals surface area contributed by atoms with Crippen LogP contribution in [-0.2, 0) is 28.0 Å². The van der Waals surface area contributed by atoms with Crippen LogP contribution < -0.4 is 0 Å². The molecule has 0 aliphatic rings. The highest BCUT2D eigenvalue weighted by Gasteiger charge is 2.34. The molecule has 0 rings (SSSR count). The molecule has 0 heterocycles. The Morgan fingerprint density at radius 2 is 0.964 bits per heavy atom. The maximum atomic E-state index is 11.9. The predicted molar refractivity (Wildman–Crippen MR) is 111 cm³/mol. The molecule has 0 aliphatic heterocycles. The van der Waals surface area contributed by atoms with E-state index >= 15 is 0 Å². The fourth-order valence-electron chi connectivity index (χ4n) is 1.09. The first-order valence-corrected chi connectivity index (χ1v) is 11.7. The van der Waals surface area contributed by atoms with Crippen LogP contribution in [0, 0.1) is 0 Å². The highest BCUT2D eigenvalue weighted by atomic mass is 32.2. The van der Waals surface area contributed by atoms with Crippen LogP contribution in [-0.4, -0.2) is 66.8 Å². The van der Waals surface area contributed by atoms with E-state index in [-0.39, 0.29) is 17.3 Å². The van der Waals surface area contributed by atoms with E-state index in [1.807, 2.05) is 0 Å². The molecule has 0 aromatic heterocycles. The summed E-state index contributed by atoms with van der Waals surface area (Å²) in [6.07, 6.45) is 4.30. The zero-order valence-corrected chi connectivity index (χ0v) is 18.0. The van der Waals surface area contributed by atoms with Gasteiger partial charge in [0, 0.05) is 17.3 Å². The second-order valence-electron chi connectivity index (χ2n) is 4.38. The molecule has 0 aromatic carbocycles. The topological polar surface area (TPSA) is 140 Å². The van der Waals surface area contributed by atoms with Gasteiger partial charge in [-0.25, -0.2) is 14.4 Å². The van der Waals surface area contributed by atoms with E-state index in [2.05, 4.69) is 19.7 Å². The number of hydrogen-bond donors (Lipinski definition) is 3. The number of rotatable bonds is 15. The fourth-order valence-corrected chi connectivity index (χ4v) is 3.67. The van der Waals surface area contributed by atoms with Gasteiger partial charge in [-0.05, 0) is 0 Å². The monoisotopic (exact) mass is 472 g/mol. The Hall–Kier alpha value is -1.01. The van der Waals surface area contributed by atoms with E-state index < -0.39 is 42.8 Å². The highest BCUT2D eigenvalue weighted by Crippen LogP contribution is 2.42. The lowest BCUT2D eigenvalue weighted by molar-refractivity contribution is -0.148. The third kappa shape index (κ3) is 11.7. The molecule has 0 radical (unpaired) electrons. The fraction of sp³-hybridized carbons (Fsp3) is 0.400. The first-order valence-electron chi connectivity index (χ1n) is 7.44. The van der Waals surface area contributed by atoms with Crippen molar-refractivity contribution < 1.29 is 43.3 Å². The van der Waals surface area contributed by atoms with Gasteiger partial charge >= 0.3 is 26.5 Å². The Labute approximate surface area is 176 Å². The summed E-state index contributed by atoms with van der Waals surface area (Å²) in [5.74, 6) is -3.04. The summed E-state index contributed by atoms with van der Waals surface area (Å²) in [7, 11) is -2.97. The number of thioether (sulfide) groups is 3. The first-order chi connectivity index (χ1) is 13.3. The molecule has 158 valence electrons. The maximum absolute atomic E-state index is 11.9. The maximum Gasteiger partial charge on any atom is 0.537 e. The van der Waals surface area contributed by atoms with Gasteiger partial charge in [0.2, 0.25) is 0 Å². The molecule has 3 atom stereocenters. The third-order valence-electron chi connectivity index (χ3n) is 2.21. The molecule has 3 N–H and O–H groups in total. The Morgan fingerprint density at radius 3 is 1.18 bits per heavy atom. The zero-order valence-electron chi connectivity index (χ0n) is 14.7. The summed E-state index contributed by atoms with van der Waals surface area (Å²) in [6, 6.07) is 0. The van der Waals surface area contributed by atoms with Crippen molar-refractivity contribution in [1.29, 1.82) is 0 Å². The molecule has 0 aliphatic carbocycles. The Morgan fingerprint density at radius 1 is 0.714 bits per heavy atom. The molecule has 0 bridgehead atoms. The number of aliphatic hydroxyl groups excluding tert-OH is 3. The molecule has 0 amide bonds. The summed E-state index contributed by atoms with van der Waals surface area (Å²) in [5.41, 5.74) is -4.96. The van der Waals surface area contributed by atoms with Gasteiger partial charge in [0.05, 0.1) is 0 Å². The number of carbonyl (C=O) groups excluding carboxylic acids is 3. The van der Waals surface area contributed by atoms with Crippen LogP contribution in [0.15, 0.2) is 38.0 Å². The standard InChI is InChI=1S/C15H21O9PS3/c1-4-7-26-13(19)10(16)22-25(23-11(17)14(20)27-8-5-2)24-12(18)15(21)28-9-6-3/h4-6,13-15,19-21H,1-3,7-9H2. The molecule has 0 fully saturated rings. The van der Waals surface area contributed by atoms with Crippen molar-refractivity contribution in [1.82, 2.24) is 0 Å². The van der Waals surface area contributed by atoms with E-state index in [9.17, 15) is 29.7 Å². The van der Waals surface area contributed by atoms with Gasteiger partial charge in [0.15, 0.2) is 16.3 Å². The normalized spacial score (nSPS) is 14.7. The van der Waals surface area contributed by atoms with Crippen molar-refractivity contribution in [3.8, 4) is 0 Å². The van der Waals surface area contributed by atoms with Crippen LogP contribution in [0.4, 0.5) is 0 Å². The predicted octanol–water partition coefficient (Wildman–Crippen LogP) is 1.56. The molecule has 3 unspecified atom stereocenters. The van der Waals surface area contributed by atoms with E-state index in [1.165, 1.54) is 18.2 Å². The summed E-state index contributed by atoms with van der Waals surface area (Å²) in [4.78, 5) is 35.6. The molecular weight excluding hydrogens is 451 g/mol. The van der Waals surface area contributed by atoms with Crippen LogP contribution in [0.25, 0.3) is 0 Å². The van der Waals surface area contributed by atoms with Gasteiger partial charge in [-0.3, -0.25) is 0 Å². The number of carbonyl (C=O) groups is 3. The third-order valence-corrected chi connectivity index (χ3v) is 6.01. The van der Waals surface area contributed by atoms with E-state index in [1.54, 1.807) is 0 Å². The molecule has 28 heavy (non-hydrogen) atoms.